The maximum atomic E-state index is 12.2. The second-order valence-electron chi connectivity index (χ2n) is 9.15. The molecule has 2 aromatic rings. The summed E-state index contributed by atoms with van der Waals surface area (Å²) in [7, 11) is 3.44. The lowest BCUT2D eigenvalue weighted by molar-refractivity contribution is -0.384. The highest BCUT2D eigenvalue weighted by Crippen LogP contribution is 2.29. The number of benzene rings is 2. The SMILES string of the molecule is CN(C)C(=O)c1ccc(N2CCC(OC3CCN(c4ccc([N+](=O)[O-])cc4)CC3)CC2)cc1Cl. The molecule has 0 bridgehead atoms. The van der Waals surface area contributed by atoms with Crippen LogP contribution in [0.2, 0.25) is 5.02 Å². The van der Waals surface area contributed by atoms with E-state index < -0.39 is 0 Å². The summed E-state index contributed by atoms with van der Waals surface area (Å²) in [5.74, 6) is -0.0942. The van der Waals surface area contributed by atoms with E-state index in [1.807, 2.05) is 24.3 Å². The third kappa shape index (κ3) is 5.62. The van der Waals surface area contributed by atoms with Gasteiger partial charge >= 0.3 is 0 Å². The van der Waals surface area contributed by atoms with Crippen LogP contribution in [-0.4, -0.2) is 68.2 Å². The number of rotatable bonds is 6. The number of hydrogen-bond donors (Lipinski definition) is 0. The van der Waals surface area contributed by atoms with Crippen LogP contribution in [0.3, 0.4) is 0 Å². The molecule has 4 rings (SSSR count). The molecular weight excluding hydrogens is 456 g/mol. The van der Waals surface area contributed by atoms with E-state index in [1.54, 1.807) is 32.3 Å². The van der Waals surface area contributed by atoms with Crippen molar-refractivity contribution in [1.82, 2.24) is 4.90 Å². The van der Waals surface area contributed by atoms with Crippen molar-refractivity contribution in [2.75, 3.05) is 50.1 Å². The number of anilines is 2. The molecule has 2 saturated heterocycles. The summed E-state index contributed by atoms with van der Waals surface area (Å²) in [6.07, 6.45) is 4.31. The van der Waals surface area contributed by atoms with Crippen LogP contribution in [0, 0.1) is 10.1 Å². The summed E-state index contributed by atoms with van der Waals surface area (Å²) in [6.45, 7) is 3.56. The molecule has 2 fully saturated rings. The standard InChI is InChI=1S/C25H31ClN4O4/c1-27(2)25(31)23-8-7-20(17-24(23)26)29-15-11-22(12-16-29)34-21-9-13-28(14-10-21)18-3-5-19(6-4-18)30(32)33/h3-8,17,21-22H,9-16H2,1-2H3. The number of amides is 1. The first-order valence-electron chi connectivity index (χ1n) is 11.7. The number of hydrogen-bond acceptors (Lipinski definition) is 6. The molecular formula is C25H31ClN4O4. The highest BCUT2D eigenvalue weighted by atomic mass is 35.5. The molecule has 0 saturated carbocycles. The van der Waals surface area contributed by atoms with Crippen molar-refractivity contribution in [3.05, 3.63) is 63.2 Å². The molecule has 0 N–H and O–H groups in total. The van der Waals surface area contributed by atoms with E-state index >= 15 is 0 Å². The fraction of sp³-hybridized carbons (Fsp3) is 0.480. The molecule has 2 aliphatic rings. The molecule has 0 unspecified atom stereocenters. The van der Waals surface area contributed by atoms with Gasteiger partial charge in [-0.2, -0.15) is 0 Å². The van der Waals surface area contributed by atoms with Gasteiger partial charge in [-0.25, -0.2) is 0 Å². The average Bonchev–Trinajstić information content (AvgIpc) is 2.84. The molecule has 182 valence electrons. The lowest BCUT2D eigenvalue weighted by atomic mass is 10.0. The Bertz CT molecular complexity index is 1010. The van der Waals surface area contributed by atoms with Crippen LogP contribution in [0.25, 0.3) is 0 Å². The summed E-state index contributed by atoms with van der Waals surface area (Å²) in [5, 5.41) is 11.3. The van der Waals surface area contributed by atoms with Gasteiger partial charge < -0.3 is 19.4 Å². The topological polar surface area (TPSA) is 79.2 Å². The Morgan fingerprint density at radius 1 is 0.941 bits per heavy atom. The second-order valence-corrected chi connectivity index (χ2v) is 9.55. The molecule has 1 amide bonds. The maximum Gasteiger partial charge on any atom is 0.269 e. The Kier molecular flexibility index (Phi) is 7.58. The first-order chi connectivity index (χ1) is 16.3. The Hall–Kier alpha value is -2.84. The summed E-state index contributed by atoms with van der Waals surface area (Å²) in [4.78, 5) is 28.8. The summed E-state index contributed by atoms with van der Waals surface area (Å²) in [5.41, 5.74) is 2.70. The number of ether oxygens (including phenoxy) is 1. The van der Waals surface area contributed by atoms with E-state index in [2.05, 4.69) is 9.80 Å². The summed E-state index contributed by atoms with van der Waals surface area (Å²) >= 11 is 6.39. The molecule has 0 atom stereocenters. The van der Waals surface area contributed by atoms with Gasteiger partial charge in [-0.3, -0.25) is 14.9 Å². The van der Waals surface area contributed by atoms with Crippen molar-refractivity contribution < 1.29 is 14.5 Å². The van der Waals surface area contributed by atoms with Gasteiger partial charge in [0.1, 0.15) is 0 Å². The smallest absolute Gasteiger partial charge is 0.269 e. The number of nitrogens with zero attached hydrogens (tertiary/aromatic N) is 4. The van der Waals surface area contributed by atoms with Crippen LogP contribution in [0.15, 0.2) is 42.5 Å². The average molecular weight is 487 g/mol. The van der Waals surface area contributed by atoms with Gasteiger partial charge in [-0.15, -0.1) is 0 Å². The zero-order valence-corrected chi connectivity index (χ0v) is 20.4. The second kappa shape index (κ2) is 10.6. The van der Waals surface area contributed by atoms with Gasteiger partial charge in [0.2, 0.25) is 0 Å². The van der Waals surface area contributed by atoms with Crippen LogP contribution in [0.1, 0.15) is 36.0 Å². The monoisotopic (exact) mass is 486 g/mol. The fourth-order valence-electron chi connectivity index (χ4n) is 4.67. The van der Waals surface area contributed by atoms with Crippen molar-refractivity contribution in [3.63, 3.8) is 0 Å². The van der Waals surface area contributed by atoms with Crippen molar-refractivity contribution in [2.24, 2.45) is 0 Å². The Morgan fingerprint density at radius 2 is 1.44 bits per heavy atom. The maximum absolute atomic E-state index is 12.2. The molecule has 0 aliphatic carbocycles. The van der Waals surface area contributed by atoms with E-state index in [0.717, 1.165) is 63.2 Å². The molecule has 2 heterocycles. The van der Waals surface area contributed by atoms with E-state index in [-0.39, 0.29) is 28.7 Å². The van der Waals surface area contributed by atoms with Gasteiger partial charge in [0.25, 0.3) is 11.6 Å². The Balaban J connectivity index is 1.24. The van der Waals surface area contributed by atoms with Crippen LogP contribution in [0.5, 0.6) is 0 Å². The lowest BCUT2D eigenvalue weighted by Gasteiger charge is -2.38. The van der Waals surface area contributed by atoms with Crippen LogP contribution < -0.4 is 9.80 Å². The highest BCUT2D eigenvalue weighted by molar-refractivity contribution is 6.34. The van der Waals surface area contributed by atoms with Crippen molar-refractivity contribution in [1.29, 1.82) is 0 Å². The van der Waals surface area contributed by atoms with Crippen LogP contribution >= 0.6 is 11.6 Å². The number of carbonyl (C=O) groups is 1. The lowest BCUT2D eigenvalue weighted by Crippen LogP contribution is -2.42. The zero-order chi connectivity index (χ0) is 24.2. The number of nitro benzene ring substituents is 1. The zero-order valence-electron chi connectivity index (χ0n) is 19.7. The van der Waals surface area contributed by atoms with Crippen LogP contribution in [-0.2, 0) is 4.74 Å². The minimum Gasteiger partial charge on any atom is -0.375 e. The van der Waals surface area contributed by atoms with E-state index in [0.29, 0.717) is 10.6 Å². The molecule has 34 heavy (non-hydrogen) atoms. The number of nitro groups is 1. The van der Waals surface area contributed by atoms with Crippen molar-refractivity contribution in [2.45, 2.75) is 37.9 Å². The minimum atomic E-state index is -0.370. The molecule has 2 aromatic carbocycles. The van der Waals surface area contributed by atoms with Gasteiger partial charge in [-0.1, -0.05) is 11.6 Å². The molecule has 9 heteroatoms. The minimum absolute atomic E-state index is 0.0942. The predicted octanol–water partition coefficient (Wildman–Crippen LogP) is 4.60. The van der Waals surface area contributed by atoms with Gasteiger partial charge in [-0.05, 0) is 56.0 Å². The number of non-ortho nitro benzene ring substituents is 1. The largest absolute Gasteiger partial charge is 0.375 e. The van der Waals surface area contributed by atoms with E-state index in [1.165, 1.54) is 4.90 Å². The molecule has 0 radical (unpaired) electrons. The molecule has 8 nitrogen and oxygen atoms in total. The highest BCUT2D eigenvalue weighted by Gasteiger charge is 2.27. The van der Waals surface area contributed by atoms with Gasteiger partial charge in [0.15, 0.2) is 0 Å². The quantitative estimate of drug-likeness (QED) is 0.438. The Morgan fingerprint density at radius 3 is 1.91 bits per heavy atom. The predicted molar refractivity (Wildman–Crippen MR) is 134 cm³/mol. The van der Waals surface area contributed by atoms with Gasteiger partial charge in [0, 0.05) is 63.8 Å². The fourth-order valence-corrected chi connectivity index (χ4v) is 4.93. The Labute approximate surface area is 205 Å². The molecule has 0 aromatic heterocycles. The first-order valence-corrected chi connectivity index (χ1v) is 12.1. The summed E-state index contributed by atoms with van der Waals surface area (Å²) in [6, 6.07) is 12.4. The third-order valence-electron chi connectivity index (χ3n) is 6.65. The van der Waals surface area contributed by atoms with E-state index in [4.69, 9.17) is 16.3 Å². The normalized spacial score (nSPS) is 17.6. The van der Waals surface area contributed by atoms with Crippen molar-refractivity contribution in [3.8, 4) is 0 Å². The number of carbonyl (C=O) groups excluding carboxylic acids is 1. The first kappa shape index (κ1) is 24.3. The number of piperidine rings is 2. The van der Waals surface area contributed by atoms with Gasteiger partial charge in [0.05, 0.1) is 27.7 Å². The summed E-state index contributed by atoms with van der Waals surface area (Å²) < 4.78 is 6.43. The van der Waals surface area contributed by atoms with Crippen molar-refractivity contribution >= 4 is 34.6 Å². The molecule has 2 aliphatic heterocycles. The van der Waals surface area contributed by atoms with Crippen LogP contribution in [0.4, 0.5) is 17.1 Å². The number of halogens is 1. The molecule has 0 spiro atoms. The third-order valence-corrected chi connectivity index (χ3v) is 6.96. The van der Waals surface area contributed by atoms with E-state index in [9.17, 15) is 14.9 Å².